The number of hydrogen-bond acceptors (Lipinski definition) is 9. The van der Waals surface area contributed by atoms with E-state index in [9.17, 15) is 0 Å². The molecule has 0 fully saturated rings. The molecule has 162 valence electrons. The maximum atomic E-state index is 4.87. The normalized spacial score (nSPS) is 15.7. The van der Waals surface area contributed by atoms with Gasteiger partial charge in [-0.1, -0.05) is 55.4 Å². The molecule has 0 N–H and O–H groups in total. The van der Waals surface area contributed by atoms with Crippen LogP contribution in [0, 0.1) is 0 Å². The highest BCUT2D eigenvalue weighted by Crippen LogP contribution is 2.38. The molecule has 1 aromatic heterocycles. The summed E-state index contributed by atoms with van der Waals surface area (Å²) in [7, 11) is 0. The van der Waals surface area contributed by atoms with Crippen molar-refractivity contribution in [3.63, 3.8) is 0 Å². The van der Waals surface area contributed by atoms with E-state index in [1.807, 2.05) is 47.8 Å². The summed E-state index contributed by atoms with van der Waals surface area (Å²) in [6, 6.07) is 0. The molecule has 0 aliphatic carbocycles. The third kappa shape index (κ3) is 9.22. The SMILES string of the molecule is CCC(C)SN(SC(C)CC)c1ncnc(N(SC(C)CC)SC(C)CC)n1. The van der Waals surface area contributed by atoms with Gasteiger partial charge in [-0.3, -0.25) is 0 Å². The first-order chi connectivity index (χ1) is 13.3. The summed E-state index contributed by atoms with van der Waals surface area (Å²) in [5.74, 6) is 1.47. The predicted octanol–water partition coefficient (Wildman–Crippen LogP) is 7.27. The molecule has 1 aromatic rings. The Morgan fingerprint density at radius 2 is 0.929 bits per heavy atom. The molecule has 0 bridgehead atoms. The maximum Gasteiger partial charge on any atom is 0.251 e. The summed E-state index contributed by atoms with van der Waals surface area (Å²) in [6.45, 7) is 17.9. The van der Waals surface area contributed by atoms with Crippen LogP contribution in [0.3, 0.4) is 0 Å². The maximum absolute atomic E-state index is 4.87. The van der Waals surface area contributed by atoms with Gasteiger partial charge in [-0.05, 0) is 73.5 Å². The second-order valence-electron chi connectivity index (χ2n) is 6.90. The Hall–Kier alpha value is 0.01000. The number of nitrogens with zero attached hydrogens (tertiary/aromatic N) is 5. The minimum absolute atomic E-state index is 0.511. The second-order valence-corrected chi connectivity index (χ2v) is 12.9. The van der Waals surface area contributed by atoms with Gasteiger partial charge in [-0.25, -0.2) is 7.42 Å². The molecule has 0 amide bonds. The van der Waals surface area contributed by atoms with Crippen molar-refractivity contribution < 1.29 is 0 Å². The van der Waals surface area contributed by atoms with E-state index >= 15 is 0 Å². The standard InChI is InChI=1S/C19H37N5S4/c1-9-14(5)25-23(26-15(6)10-2)18-20-13-21-19(22-18)24(27-16(7)11-3)28-17(8)12-4/h13-17H,9-12H2,1-8H3. The predicted molar refractivity (Wildman–Crippen MR) is 134 cm³/mol. The summed E-state index contributed by atoms with van der Waals surface area (Å²) in [5.41, 5.74) is 0. The van der Waals surface area contributed by atoms with Gasteiger partial charge in [0.15, 0.2) is 0 Å². The Kier molecular flexibility index (Phi) is 13.1. The molecular formula is C19H37N5S4. The molecule has 0 saturated carbocycles. The molecule has 9 heteroatoms. The van der Waals surface area contributed by atoms with Crippen molar-refractivity contribution in [2.75, 3.05) is 7.42 Å². The quantitative estimate of drug-likeness (QED) is 0.265. The van der Waals surface area contributed by atoms with Crippen LogP contribution in [0.15, 0.2) is 6.33 Å². The third-order valence-corrected chi connectivity index (χ3v) is 9.50. The van der Waals surface area contributed by atoms with E-state index in [1.165, 1.54) is 0 Å². The smallest absolute Gasteiger partial charge is 0.224 e. The zero-order valence-corrected chi connectivity index (χ0v) is 21.9. The van der Waals surface area contributed by atoms with E-state index in [1.54, 1.807) is 6.33 Å². The van der Waals surface area contributed by atoms with Gasteiger partial charge >= 0.3 is 0 Å². The lowest BCUT2D eigenvalue weighted by atomic mass is 10.4. The molecule has 5 nitrogen and oxygen atoms in total. The number of aromatic nitrogens is 3. The Bertz CT molecular complexity index is 484. The Morgan fingerprint density at radius 1 is 0.643 bits per heavy atom. The van der Waals surface area contributed by atoms with Crippen molar-refractivity contribution in [2.45, 2.75) is 102 Å². The zero-order valence-electron chi connectivity index (χ0n) is 18.6. The van der Waals surface area contributed by atoms with E-state index in [4.69, 9.17) is 4.98 Å². The van der Waals surface area contributed by atoms with Crippen molar-refractivity contribution >= 4 is 59.7 Å². The van der Waals surface area contributed by atoms with Crippen LogP contribution in [0.4, 0.5) is 11.9 Å². The zero-order chi connectivity index (χ0) is 21.1. The van der Waals surface area contributed by atoms with Gasteiger partial charge < -0.3 is 0 Å². The van der Waals surface area contributed by atoms with E-state index < -0.39 is 0 Å². The summed E-state index contributed by atoms with van der Waals surface area (Å²) < 4.78 is 4.38. The molecule has 0 aromatic carbocycles. The van der Waals surface area contributed by atoms with Crippen LogP contribution in [-0.2, 0) is 0 Å². The molecule has 0 aliphatic heterocycles. The summed E-state index contributed by atoms with van der Waals surface area (Å²) in [5, 5.41) is 2.04. The Morgan fingerprint density at radius 3 is 1.18 bits per heavy atom. The molecule has 0 spiro atoms. The van der Waals surface area contributed by atoms with Crippen molar-refractivity contribution in [2.24, 2.45) is 0 Å². The first-order valence-electron chi connectivity index (χ1n) is 10.3. The van der Waals surface area contributed by atoms with Gasteiger partial charge in [-0.2, -0.15) is 15.0 Å². The fourth-order valence-electron chi connectivity index (χ4n) is 1.65. The minimum atomic E-state index is 0.511. The second kappa shape index (κ2) is 14.1. The van der Waals surface area contributed by atoms with E-state index in [2.05, 4.69) is 72.8 Å². The fourth-order valence-corrected chi connectivity index (χ4v) is 6.44. The van der Waals surface area contributed by atoms with Gasteiger partial charge in [0, 0.05) is 21.0 Å². The summed E-state index contributed by atoms with van der Waals surface area (Å²) in [4.78, 5) is 13.9. The summed E-state index contributed by atoms with van der Waals surface area (Å²) in [6.07, 6.45) is 6.10. The van der Waals surface area contributed by atoms with Gasteiger partial charge in [0.25, 0.3) is 11.9 Å². The highest BCUT2D eigenvalue weighted by molar-refractivity contribution is 8.19. The highest BCUT2D eigenvalue weighted by atomic mass is 32.2. The van der Waals surface area contributed by atoms with Crippen LogP contribution in [0.5, 0.6) is 0 Å². The van der Waals surface area contributed by atoms with Gasteiger partial charge in [0.1, 0.15) is 6.33 Å². The molecule has 1 rings (SSSR count). The van der Waals surface area contributed by atoms with Crippen LogP contribution in [0.1, 0.15) is 81.1 Å². The van der Waals surface area contributed by atoms with Gasteiger partial charge in [-0.15, -0.1) is 0 Å². The molecule has 28 heavy (non-hydrogen) atoms. The highest BCUT2D eigenvalue weighted by Gasteiger charge is 2.22. The first kappa shape index (κ1) is 26.0. The van der Waals surface area contributed by atoms with E-state index in [0.717, 1.165) is 37.6 Å². The first-order valence-corrected chi connectivity index (χ1v) is 13.6. The lowest BCUT2D eigenvalue weighted by Gasteiger charge is -2.27. The van der Waals surface area contributed by atoms with Crippen molar-refractivity contribution in [1.29, 1.82) is 0 Å². The summed E-state index contributed by atoms with van der Waals surface area (Å²) >= 11 is 7.24. The average Bonchev–Trinajstić information content (AvgIpc) is 2.72. The van der Waals surface area contributed by atoms with Crippen LogP contribution >= 0.6 is 47.8 Å². The minimum Gasteiger partial charge on any atom is -0.224 e. The Labute approximate surface area is 189 Å². The van der Waals surface area contributed by atoms with Crippen LogP contribution in [0.25, 0.3) is 0 Å². The monoisotopic (exact) mass is 463 g/mol. The lowest BCUT2D eigenvalue weighted by molar-refractivity contribution is 0.895. The Balaban J connectivity index is 3.13. The topological polar surface area (TPSA) is 45.2 Å². The van der Waals surface area contributed by atoms with Crippen molar-refractivity contribution in [3.8, 4) is 0 Å². The molecule has 0 saturated heterocycles. The van der Waals surface area contributed by atoms with E-state index in [0.29, 0.717) is 21.0 Å². The van der Waals surface area contributed by atoms with Gasteiger partial charge in [0.05, 0.1) is 0 Å². The molecule has 0 aliphatic rings. The molecule has 1 heterocycles. The van der Waals surface area contributed by atoms with Crippen molar-refractivity contribution in [3.05, 3.63) is 6.33 Å². The average molecular weight is 464 g/mol. The molecule has 4 unspecified atom stereocenters. The van der Waals surface area contributed by atoms with Crippen molar-refractivity contribution in [1.82, 2.24) is 15.0 Å². The number of anilines is 2. The number of hydrogen-bond donors (Lipinski definition) is 0. The number of rotatable bonds is 14. The van der Waals surface area contributed by atoms with Crippen LogP contribution < -0.4 is 7.42 Å². The van der Waals surface area contributed by atoms with Gasteiger partial charge in [0.2, 0.25) is 0 Å². The largest absolute Gasteiger partial charge is 0.251 e. The lowest BCUT2D eigenvalue weighted by Crippen LogP contribution is -2.20. The van der Waals surface area contributed by atoms with Crippen LogP contribution in [-0.4, -0.2) is 36.0 Å². The van der Waals surface area contributed by atoms with Crippen LogP contribution in [0.2, 0.25) is 0 Å². The molecular weight excluding hydrogens is 427 g/mol. The molecule has 0 radical (unpaired) electrons. The third-order valence-electron chi connectivity index (χ3n) is 4.28. The molecule has 4 atom stereocenters. The van der Waals surface area contributed by atoms with E-state index in [-0.39, 0.29) is 0 Å². The fraction of sp³-hybridized carbons (Fsp3) is 0.842.